The predicted octanol–water partition coefficient (Wildman–Crippen LogP) is 1.57. The van der Waals surface area contributed by atoms with Crippen molar-refractivity contribution in [2.45, 2.75) is 13.5 Å². The molecule has 0 heterocycles. The average Bonchev–Trinajstić information content (AvgIpc) is 2.03. The Hall–Kier alpha value is -1.42. The second kappa shape index (κ2) is 4.00. The number of amides is 1. The molecule has 0 unspecified atom stereocenters. The Morgan fingerprint density at radius 2 is 2.31 bits per heavy atom. The maximum Gasteiger partial charge on any atom is 0.221 e. The molecule has 4 heteroatoms. The van der Waals surface area contributed by atoms with Gasteiger partial charge in [-0.1, -0.05) is 6.07 Å². The Kier molecular flexibility index (Phi) is 2.97. The summed E-state index contributed by atoms with van der Waals surface area (Å²) in [6, 6.07) is 3.98. The minimum Gasteiger partial charge on any atom is -0.326 e. The molecular formula is C9H10FN2O. The van der Waals surface area contributed by atoms with Crippen molar-refractivity contribution in [3.05, 3.63) is 29.6 Å². The molecule has 0 aliphatic heterocycles. The standard InChI is InChI=1S/C9H10FN2O/c1-6(13)12-9-4-8(10)3-2-7(9)5-11/h2-4,11H,5H2,1H3,(H,12,13). The van der Waals surface area contributed by atoms with Gasteiger partial charge in [0.2, 0.25) is 5.91 Å². The van der Waals surface area contributed by atoms with Gasteiger partial charge in [-0.3, -0.25) is 10.5 Å². The number of carbonyl (C=O) groups is 1. The van der Waals surface area contributed by atoms with Gasteiger partial charge < -0.3 is 5.32 Å². The molecule has 1 amide bonds. The van der Waals surface area contributed by atoms with Crippen LogP contribution in [0.1, 0.15) is 12.5 Å². The van der Waals surface area contributed by atoms with Gasteiger partial charge in [0.25, 0.3) is 0 Å². The van der Waals surface area contributed by atoms with E-state index in [2.05, 4.69) is 5.32 Å². The van der Waals surface area contributed by atoms with Crippen LogP contribution in [0.25, 0.3) is 0 Å². The molecule has 1 aromatic carbocycles. The summed E-state index contributed by atoms with van der Waals surface area (Å²) in [6.07, 6.45) is 0. The van der Waals surface area contributed by atoms with Crippen molar-refractivity contribution in [1.82, 2.24) is 5.73 Å². The summed E-state index contributed by atoms with van der Waals surface area (Å²) < 4.78 is 12.7. The molecular weight excluding hydrogens is 171 g/mol. The van der Waals surface area contributed by atoms with Crippen LogP contribution in [0.4, 0.5) is 10.1 Å². The second-order valence-electron chi connectivity index (χ2n) is 2.66. The minimum absolute atomic E-state index is 0.0237. The van der Waals surface area contributed by atoms with Gasteiger partial charge in [-0.25, -0.2) is 4.39 Å². The molecule has 2 N–H and O–H groups in total. The summed E-state index contributed by atoms with van der Waals surface area (Å²) in [5.41, 5.74) is 8.11. The molecule has 1 aromatic rings. The molecule has 0 saturated carbocycles. The highest BCUT2D eigenvalue weighted by Crippen LogP contribution is 2.16. The van der Waals surface area contributed by atoms with Crippen molar-refractivity contribution in [3.63, 3.8) is 0 Å². The summed E-state index contributed by atoms with van der Waals surface area (Å²) >= 11 is 0. The van der Waals surface area contributed by atoms with Gasteiger partial charge in [0.05, 0.1) is 0 Å². The molecule has 3 nitrogen and oxygen atoms in total. The zero-order valence-electron chi connectivity index (χ0n) is 7.23. The van der Waals surface area contributed by atoms with E-state index in [1.54, 1.807) is 0 Å². The fourth-order valence-electron chi connectivity index (χ4n) is 1.01. The smallest absolute Gasteiger partial charge is 0.221 e. The molecule has 0 aliphatic carbocycles. The lowest BCUT2D eigenvalue weighted by Gasteiger charge is -2.07. The quantitative estimate of drug-likeness (QED) is 0.739. The Labute approximate surface area is 75.7 Å². The monoisotopic (exact) mass is 181 g/mol. The van der Waals surface area contributed by atoms with Gasteiger partial charge in [0, 0.05) is 19.2 Å². The van der Waals surface area contributed by atoms with Gasteiger partial charge in [0.1, 0.15) is 5.82 Å². The third-order valence-electron chi connectivity index (χ3n) is 1.57. The minimum atomic E-state index is -0.416. The molecule has 0 aromatic heterocycles. The normalized spacial score (nSPS) is 9.77. The number of rotatable bonds is 2. The van der Waals surface area contributed by atoms with Crippen LogP contribution in [0.5, 0.6) is 0 Å². The van der Waals surface area contributed by atoms with E-state index >= 15 is 0 Å². The lowest BCUT2D eigenvalue weighted by atomic mass is 10.1. The summed E-state index contributed by atoms with van der Waals surface area (Å²) in [5.74, 6) is -0.679. The second-order valence-corrected chi connectivity index (χ2v) is 2.66. The van der Waals surface area contributed by atoms with E-state index in [0.29, 0.717) is 11.3 Å². The van der Waals surface area contributed by atoms with Crippen LogP contribution in [0.3, 0.4) is 0 Å². The first kappa shape index (κ1) is 9.67. The number of benzene rings is 1. The molecule has 0 aliphatic rings. The molecule has 0 bridgehead atoms. The Morgan fingerprint density at radius 1 is 1.62 bits per heavy atom. The maximum absolute atomic E-state index is 12.7. The molecule has 1 rings (SSSR count). The Balaban J connectivity index is 3.01. The maximum atomic E-state index is 12.7. The predicted molar refractivity (Wildman–Crippen MR) is 47.5 cm³/mol. The van der Waals surface area contributed by atoms with E-state index in [4.69, 9.17) is 5.73 Å². The van der Waals surface area contributed by atoms with Crippen molar-refractivity contribution < 1.29 is 9.18 Å². The summed E-state index contributed by atoms with van der Waals surface area (Å²) in [6.45, 7) is 1.37. The van der Waals surface area contributed by atoms with E-state index in [9.17, 15) is 9.18 Å². The van der Waals surface area contributed by atoms with Crippen molar-refractivity contribution in [2.24, 2.45) is 0 Å². The van der Waals surface area contributed by atoms with E-state index in [0.717, 1.165) is 0 Å². The van der Waals surface area contributed by atoms with Crippen LogP contribution in [0.15, 0.2) is 18.2 Å². The molecule has 0 atom stereocenters. The van der Waals surface area contributed by atoms with E-state index < -0.39 is 5.82 Å². The van der Waals surface area contributed by atoms with Gasteiger partial charge in [0.15, 0.2) is 0 Å². The lowest BCUT2D eigenvalue weighted by molar-refractivity contribution is -0.114. The van der Waals surface area contributed by atoms with Crippen molar-refractivity contribution in [2.75, 3.05) is 5.32 Å². The summed E-state index contributed by atoms with van der Waals surface area (Å²) in [5, 5.41) is 2.47. The average molecular weight is 181 g/mol. The van der Waals surface area contributed by atoms with Crippen LogP contribution < -0.4 is 11.1 Å². The molecule has 13 heavy (non-hydrogen) atoms. The third-order valence-corrected chi connectivity index (χ3v) is 1.57. The van der Waals surface area contributed by atoms with E-state index in [-0.39, 0.29) is 12.5 Å². The number of hydrogen-bond donors (Lipinski definition) is 1. The summed E-state index contributed by atoms with van der Waals surface area (Å²) in [7, 11) is 0. The number of nitrogens with one attached hydrogen (secondary N) is 2. The first-order valence-corrected chi connectivity index (χ1v) is 3.84. The number of carbonyl (C=O) groups excluding carboxylic acids is 1. The van der Waals surface area contributed by atoms with Gasteiger partial charge >= 0.3 is 0 Å². The van der Waals surface area contributed by atoms with Gasteiger partial charge in [-0.05, 0) is 17.7 Å². The van der Waals surface area contributed by atoms with Crippen LogP contribution in [0, 0.1) is 5.82 Å². The highest BCUT2D eigenvalue weighted by molar-refractivity contribution is 5.89. The first-order valence-electron chi connectivity index (χ1n) is 3.84. The molecule has 1 radical (unpaired) electrons. The SMILES string of the molecule is CC(=O)Nc1cc(F)ccc1C[NH]. The first-order chi connectivity index (χ1) is 6.13. The zero-order valence-corrected chi connectivity index (χ0v) is 7.23. The van der Waals surface area contributed by atoms with Crippen LogP contribution in [-0.4, -0.2) is 5.91 Å². The highest BCUT2D eigenvalue weighted by atomic mass is 19.1. The van der Waals surface area contributed by atoms with Crippen molar-refractivity contribution in [1.29, 1.82) is 0 Å². The van der Waals surface area contributed by atoms with Crippen LogP contribution in [0.2, 0.25) is 0 Å². The Morgan fingerprint density at radius 3 is 2.85 bits per heavy atom. The fourth-order valence-corrected chi connectivity index (χ4v) is 1.01. The molecule has 0 saturated heterocycles. The lowest BCUT2D eigenvalue weighted by Crippen LogP contribution is -2.08. The van der Waals surface area contributed by atoms with Gasteiger partial charge in [-0.2, -0.15) is 0 Å². The van der Waals surface area contributed by atoms with Gasteiger partial charge in [-0.15, -0.1) is 0 Å². The number of halogens is 1. The van der Waals surface area contributed by atoms with E-state index in [1.807, 2.05) is 0 Å². The molecule has 69 valence electrons. The molecule has 0 spiro atoms. The number of anilines is 1. The van der Waals surface area contributed by atoms with E-state index in [1.165, 1.54) is 25.1 Å². The zero-order chi connectivity index (χ0) is 9.84. The van der Waals surface area contributed by atoms with Crippen molar-refractivity contribution in [3.8, 4) is 0 Å². The fraction of sp³-hybridized carbons (Fsp3) is 0.222. The van der Waals surface area contributed by atoms with Crippen LogP contribution in [-0.2, 0) is 11.3 Å². The Bertz CT molecular complexity index is 325. The number of hydrogen-bond acceptors (Lipinski definition) is 1. The topological polar surface area (TPSA) is 52.9 Å². The van der Waals surface area contributed by atoms with Crippen LogP contribution >= 0.6 is 0 Å². The molecule has 0 fully saturated rings. The van der Waals surface area contributed by atoms with Crippen molar-refractivity contribution >= 4 is 11.6 Å². The third kappa shape index (κ3) is 2.52. The largest absolute Gasteiger partial charge is 0.326 e. The highest BCUT2D eigenvalue weighted by Gasteiger charge is 2.03. The summed E-state index contributed by atoms with van der Waals surface area (Å²) in [4.78, 5) is 10.7.